The topological polar surface area (TPSA) is 85.1 Å². The first-order valence-electron chi connectivity index (χ1n) is 4.96. The molecule has 1 heterocycles. The number of thioether (sulfide) groups is 1. The molecular weight excluding hydrogens is 258 g/mol. The van der Waals surface area contributed by atoms with Gasteiger partial charge in [0.2, 0.25) is 10.0 Å². The lowest BCUT2D eigenvalue weighted by molar-refractivity contribution is 0.597. The van der Waals surface area contributed by atoms with E-state index in [4.69, 9.17) is 5.14 Å². The number of nitrogens with zero attached hydrogens (tertiary/aromatic N) is 1. The van der Waals surface area contributed by atoms with E-state index in [1.54, 1.807) is 11.8 Å². The summed E-state index contributed by atoms with van der Waals surface area (Å²) in [7, 11) is -3.73. The molecule has 1 aromatic heterocycles. The molecule has 0 spiro atoms. The van der Waals surface area contributed by atoms with Crippen molar-refractivity contribution in [2.24, 2.45) is 5.14 Å². The van der Waals surface area contributed by atoms with Crippen molar-refractivity contribution in [1.82, 2.24) is 4.98 Å². The number of pyridine rings is 1. The van der Waals surface area contributed by atoms with E-state index in [1.165, 1.54) is 18.3 Å². The van der Waals surface area contributed by atoms with Crippen LogP contribution in [0.5, 0.6) is 0 Å². The number of aromatic nitrogens is 1. The Bertz CT molecular complexity index is 474. The Balaban J connectivity index is 2.62. The molecule has 0 saturated carbocycles. The highest BCUT2D eigenvalue weighted by Crippen LogP contribution is 2.15. The molecule has 0 atom stereocenters. The van der Waals surface area contributed by atoms with Crippen LogP contribution in [0.2, 0.25) is 0 Å². The van der Waals surface area contributed by atoms with E-state index in [1.807, 2.05) is 6.08 Å². The molecule has 0 radical (unpaired) electrons. The standard InChI is InChI=1S/C10H15N3O2S2/c1-2-7-16-8-6-13-10-9(17(11,14)15)4-3-5-12-10/h2-5H,1,6-8H2,(H,12,13)(H2,11,14,15). The predicted octanol–water partition coefficient (Wildman–Crippen LogP) is 1.06. The first-order valence-corrected chi connectivity index (χ1v) is 7.66. The van der Waals surface area contributed by atoms with Crippen LogP contribution in [-0.2, 0) is 10.0 Å². The van der Waals surface area contributed by atoms with E-state index < -0.39 is 10.0 Å². The molecule has 0 amide bonds. The van der Waals surface area contributed by atoms with Gasteiger partial charge in [0.1, 0.15) is 10.7 Å². The number of primary sulfonamides is 1. The summed E-state index contributed by atoms with van der Waals surface area (Å²) in [5.41, 5.74) is 0. The van der Waals surface area contributed by atoms with Gasteiger partial charge >= 0.3 is 0 Å². The normalized spacial score (nSPS) is 11.1. The molecule has 0 aliphatic heterocycles. The van der Waals surface area contributed by atoms with E-state index in [9.17, 15) is 8.42 Å². The quantitative estimate of drug-likeness (QED) is 0.573. The molecule has 0 bridgehead atoms. The Morgan fingerprint density at radius 3 is 3.00 bits per heavy atom. The Kier molecular flexibility index (Phi) is 5.46. The minimum absolute atomic E-state index is 0.0220. The second-order valence-electron chi connectivity index (χ2n) is 3.19. The number of hydrogen-bond acceptors (Lipinski definition) is 5. The highest BCUT2D eigenvalue weighted by Gasteiger charge is 2.13. The van der Waals surface area contributed by atoms with Gasteiger partial charge in [0.05, 0.1) is 0 Å². The van der Waals surface area contributed by atoms with Crippen molar-refractivity contribution < 1.29 is 8.42 Å². The Morgan fingerprint density at radius 1 is 1.59 bits per heavy atom. The van der Waals surface area contributed by atoms with Gasteiger partial charge in [0.15, 0.2) is 0 Å². The van der Waals surface area contributed by atoms with E-state index in [0.717, 1.165) is 11.5 Å². The number of sulfonamides is 1. The van der Waals surface area contributed by atoms with Crippen LogP contribution in [0.15, 0.2) is 35.9 Å². The molecule has 0 fully saturated rings. The summed E-state index contributed by atoms with van der Waals surface area (Å²) in [6, 6.07) is 2.97. The van der Waals surface area contributed by atoms with Crippen molar-refractivity contribution in [2.45, 2.75) is 4.90 Å². The summed E-state index contributed by atoms with van der Waals surface area (Å²) in [5.74, 6) is 2.01. The lowest BCUT2D eigenvalue weighted by atomic mass is 10.4. The minimum Gasteiger partial charge on any atom is -0.368 e. The van der Waals surface area contributed by atoms with Crippen LogP contribution in [0, 0.1) is 0 Å². The summed E-state index contributed by atoms with van der Waals surface area (Å²) in [4.78, 5) is 3.99. The van der Waals surface area contributed by atoms with Crippen LogP contribution in [0.1, 0.15) is 0 Å². The van der Waals surface area contributed by atoms with Gasteiger partial charge in [0.25, 0.3) is 0 Å². The summed E-state index contributed by atoms with van der Waals surface area (Å²) in [5, 5.41) is 8.04. The molecule has 0 aliphatic carbocycles. The molecule has 17 heavy (non-hydrogen) atoms. The fourth-order valence-corrected chi connectivity index (χ4v) is 2.40. The molecule has 0 unspecified atom stereocenters. The van der Waals surface area contributed by atoms with Gasteiger partial charge in [-0.15, -0.1) is 6.58 Å². The van der Waals surface area contributed by atoms with Gasteiger partial charge in [-0.3, -0.25) is 0 Å². The van der Waals surface area contributed by atoms with Gasteiger partial charge < -0.3 is 5.32 Å². The fraction of sp³-hybridized carbons (Fsp3) is 0.300. The van der Waals surface area contributed by atoms with Crippen molar-refractivity contribution in [2.75, 3.05) is 23.4 Å². The Hall–Kier alpha value is -1.05. The average molecular weight is 273 g/mol. The summed E-state index contributed by atoms with van der Waals surface area (Å²) in [6.45, 7) is 4.24. The minimum atomic E-state index is -3.73. The summed E-state index contributed by atoms with van der Waals surface area (Å²) < 4.78 is 22.5. The van der Waals surface area contributed by atoms with Crippen LogP contribution in [0.4, 0.5) is 5.82 Å². The average Bonchev–Trinajstić information content (AvgIpc) is 2.28. The molecule has 7 heteroatoms. The monoisotopic (exact) mass is 273 g/mol. The van der Waals surface area contributed by atoms with Crippen LogP contribution >= 0.6 is 11.8 Å². The van der Waals surface area contributed by atoms with Crippen LogP contribution in [0.25, 0.3) is 0 Å². The second-order valence-corrected chi connectivity index (χ2v) is 5.87. The number of anilines is 1. The third-order valence-corrected chi connectivity index (χ3v) is 3.76. The third-order valence-electron chi connectivity index (χ3n) is 1.85. The van der Waals surface area contributed by atoms with Gasteiger partial charge in [-0.1, -0.05) is 6.08 Å². The first kappa shape index (κ1) is 14.0. The van der Waals surface area contributed by atoms with Crippen molar-refractivity contribution >= 4 is 27.6 Å². The van der Waals surface area contributed by atoms with E-state index >= 15 is 0 Å². The van der Waals surface area contributed by atoms with Crippen molar-refractivity contribution in [1.29, 1.82) is 0 Å². The van der Waals surface area contributed by atoms with Crippen LogP contribution < -0.4 is 10.5 Å². The van der Waals surface area contributed by atoms with Crippen molar-refractivity contribution in [3.63, 3.8) is 0 Å². The van der Waals surface area contributed by atoms with E-state index in [-0.39, 0.29) is 4.90 Å². The molecular formula is C10H15N3O2S2. The van der Waals surface area contributed by atoms with Gasteiger partial charge in [-0.25, -0.2) is 18.5 Å². The lowest BCUT2D eigenvalue weighted by Crippen LogP contribution is -2.16. The van der Waals surface area contributed by atoms with Gasteiger partial charge in [-0.05, 0) is 12.1 Å². The largest absolute Gasteiger partial charge is 0.368 e. The van der Waals surface area contributed by atoms with Crippen molar-refractivity contribution in [3.8, 4) is 0 Å². The molecule has 1 rings (SSSR count). The Morgan fingerprint density at radius 2 is 2.35 bits per heavy atom. The lowest BCUT2D eigenvalue weighted by Gasteiger charge is -2.08. The van der Waals surface area contributed by atoms with Crippen molar-refractivity contribution in [3.05, 3.63) is 31.0 Å². The highest BCUT2D eigenvalue weighted by atomic mass is 32.2. The molecule has 5 nitrogen and oxygen atoms in total. The smallest absolute Gasteiger partial charge is 0.241 e. The Labute approximate surface area is 106 Å². The number of nitrogens with one attached hydrogen (secondary N) is 1. The zero-order valence-corrected chi connectivity index (χ0v) is 10.9. The van der Waals surface area contributed by atoms with Crippen LogP contribution in [0.3, 0.4) is 0 Å². The maximum Gasteiger partial charge on any atom is 0.241 e. The zero-order chi connectivity index (χ0) is 12.7. The number of rotatable bonds is 7. The summed E-state index contributed by atoms with van der Waals surface area (Å²) >= 11 is 1.70. The van der Waals surface area contributed by atoms with Gasteiger partial charge in [-0.2, -0.15) is 11.8 Å². The summed E-state index contributed by atoms with van der Waals surface area (Å²) in [6.07, 6.45) is 3.34. The zero-order valence-electron chi connectivity index (χ0n) is 9.30. The third kappa shape index (κ3) is 4.76. The van der Waals surface area contributed by atoms with Crippen LogP contribution in [-0.4, -0.2) is 31.5 Å². The van der Waals surface area contributed by atoms with E-state index in [2.05, 4.69) is 16.9 Å². The number of hydrogen-bond donors (Lipinski definition) is 2. The number of nitrogens with two attached hydrogens (primary N) is 1. The fourth-order valence-electron chi connectivity index (χ4n) is 1.16. The molecule has 0 aromatic carbocycles. The first-order chi connectivity index (χ1) is 8.05. The maximum atomic E-state index is 11.3. The SMILES string of the molecule is C=CCSCCNc1ncccc1S(N)(=O)=O. The molecule has 3 N–H and O–H groups in total. The predicted molar refractivity (Wildman–Crippen MR) is 71.6 cm³/mol. The molecule has 0 saturated heterocycles. The van der Waals surface area contributed by atoms with Gasteiger partial charge in [0, 0.05) is 24.2 Å². The molecule has 94 valence electrons. The highest BCUT2D eigenvalue weighted by molar-refractivity contribution is 7.99. The maximum absolute atomic E-state index is 11.3. The molecule has 0 aliphatic rings. The van der Waals surface area contributed by atoms with E-state index in [0.29, 0.717) is 12.4 Å². The second kappa shape index (κ2) is 6.63. The molecule has 1 aromatic rings.